The minimum Gasteiger partial charge on any atom is -0.496 e. The standard InChI is InChI=1S/C43H52ClN3O6.ClH/c1-43(2,3)29-47-35-22-21-32(44)26-34(35)40(53-38(42(47)49)27-39(48)46-28-31-17-9-10-19-36(31)50-4)33-18-11-20-37(41(33)51-5)52-25-13-24-45-23-12-16-30-14-7-6-8-15-30;/h6-11,14-15,17-22,26,38,40,45H,12-13,16,23-25,27-29H2,1-5H3,(H,46,48);1H/t38-,40-;/m0./s1. The Morgan fingerprint density at radius 1 is 0.870 bits per heavy atom. The van der Waals surface area contributed by atoms with Crippen molar-refractivity contribution in [2.45, 2.75) is 65.2 Å². The van der Waals surface area contributed by atoms with Gasteiger partial charge < -0.3 is 34.5 Å². The van der Waals surface area contributed by atoms with Gasteiger partial charge in [-0.05, 0) is 73.7 Å². The van der Waals surface area contributed by atoms with Crippen LogP contribution < -0.4 is 29.7 Å². The summed E-state index contributed by atoms with van der Waals surface area (Å²) in [6, 6.07) is 29.1. The lowest BCUT2D eigenvalue weighted by Gasteiger charge is -2.31. The fourth-order valence-electron chi connectivity index (χ4n) is 6.50. The van der Waals surface area contributed by atoms with Crippen LogP contribution in [0.3, 0.4) is 0 Å². The van der Waals surface area contributed by atoms with Crippen LogP contribution in [0.5, 0.6) is 17.2 Å². The van der Waals surface area contributed by atoms with E-state index >= 15 is 0 Å². The Morgan fingerprint density at radius 3 is 2.33 bits per heavy atom. The van der Waals surface area contributed by atoms with E-state index in [9.17, 15) is 9.59 Å². The number of rotatable bonds is 17. The summed E-state index contributed by atoms with van der Waals surface area (Å²) in [6.45, 7) is 9.07. The van der Waals surface area contributed by atoms with Crippen LogP contribution >= 0.6 is 24.0 Å². The number of nitrogens with zero attached hydrogens (tertiary/aromatic N) is 1. The molecule has 0 unspecified atom stereocenters. The molecule has 0 saturated heterocycles. The van der Waals surface area contributed by atoms with Crippen LogP contribution in [-0.2, 0) is 27.3 Å². The highest BCUT2D eigenvalue weighted by Gasteiger charge is 2.40. The average Bonchev–Trinajstić information content (AvgIpc) is 3.25. The van der Waals surface area contributed by atoms with Crippen molar-refractivity contribution in [2.75, 3.05) is 45.4 Å². The van der Waals surface area contributed by atoms with Gasteiger partial charge in [0, 0.05) is 40.5 Å². The van der Waals surface area contributed by atoms with Gasteiger partial charge in [-0.3, -0.25) is 9.59 Å². The van der Waals surface area contributed by atoms with Gasteiger partial charge in [0.1, 0.15) is 18.0 Å². The van der Waals surface area contributed by atoms with Crippen LogP contribution in [0.1, 0.15) is 68.4 Å². The number of carbonyl (C=O) groups excluding carboxylic acids is 2. The van der Waals surface area contributed by atoms with Crippen molar-refractivity contribution in [3.05, 3.63) is 118 Å². The number of hydrogen-bond acceptors (Lipinski definition) is 7. The molecule has 290 valence electrons. The zero-order valence-corrected chi connectivity index (χ0v) is 33.4. The van der Waals surface area contributed by atoms with E-state index in [1.54, 1.807) is 25.2 Å². The molecule has 2 N–H and O–H groups in total. The highest BCUT2D eigenvalue weighted by molar-refractivity contribution is 6.30. The third-order valence-corrected chi connectivity index (χ3v) is 9.22. The SMILES string of the molecule is COc1ccccc1CNC(=O)C[C@@H]1O[C@@H](c2cccc(OCCCNCCCc3ccccc3)c2OC)c2cc(Cl)ccc2N(CC(C)(C)C)C1=O.Cl. The molecule has 4 aromatic carbocycles. The lowest BCUT2D eigenvalue weighted by Crippen LogP contribution is -2.45. The average molecular weight is 779 g/mol. The van der Waals surface area contributed by atoms with Crippen molar-refractivity contribution < 1.29 is 28.5 Å². The molecule has 2 atom stereocenters. The number of benzene rings is 4. The molecule has 9 nitrogen and oxygen atoms in total. The molecule has 5 rings (SSSR count). The van der Waals surface area contributed by atoms with Gasteiger partial charge in [-0.15, -0.1) is 12.4 Å². The first-order valence-corrected chi connectivity index (χ1v) is 18.6. The number of methoxy groups -OCH3 is 2. The highest BCUT2D eigenvalue weighted by Crippen LogP contribution is 2.45. The van der Waals surface area contributed by atoms with Crippen LogP contribution in [0.15, 0.2) is 91.0 Å². The maximum Gasteiger partial charge on any atom is 0.256 e. The molecule has 1 heterocycles. The number of amides is 2. The lowest BCUT2D eigenvalue weighted by atomic mass is 9.94. The number of fused-ring (bicyclic) bond motifs is 1. The van der Waals surface area contributed by atoms with Crippen molar-refractivity contribution in [1.82, 2.24) is 10.6 Å². The topological polar surface area (TPSA) is 98.4 Å². The fraction of sp³-hybridized carbons (Fsp3) is 0.395. The van der Waals surface area contributed by atoms with Crippen LogP contribution in [0.4, 0.5) is 5.69 Å². The molecule has 1 aliphatic rings. The van der Waals surface area contributed by atoms with Crippen molar-refractivity contribution in [1.29, 1.82) is 0 Å². The van der Waals surface area contributed by atoms with E-state index < -0.39 is 12.2 Å². The quantitative estimate of drug-likeness (QED) is 0.104. The molecule has 54 heavy (non-hydrogen) atoms. The maximum absolute atomic E-state index is 14.4. The Balaban J connectivity index is 0.00000650. The molecule has 0 fully saturated rings. The Hall–Kier alpha value is -4.28. The normalized spacial score (nSPS) is 15.4. The minimum absolute atomic E-state index is 0. The number of anilines is 1. The predicted molar refractivity (Wildman–Crippen MR) is 217 cm³/mol. The van der Waals surface area contributed by atoms with E-state index in [0.717, 1.165) is 37.9 Å². The van der Waals surface area contributed by atoms with Gasteiger partial charge in [0.25, 0.3) is 5.91 Å². The molecule has 0 spiro atoms. The summed E-state index contributed by atoms with van der Waals surface area (Å²) >= 11 is 6.62. The van der Waals surface area contributed by atoms with Gasteiger partial charge in [-0.25, -0.2) is 0 Å². The smallest absolute Gasteiger partial charge is 0.256 e. The Morgan fingerprint density at radius 2 is 1.59 bits per heavy atom. The summed E-state index contributed by atoms with van der Waals surface area (Å²) in [4.78, 5) is 29.7. The van der Waals surface area contributed by atoms with Gasteiger partial charge in [0.15, 0.2) is 11.5 Å². The first-order chi connectivity index (χ1) is 25.6. The van der Waals surface area contributed by atoms with Gasteiger partial charge >= 0.3 is 0 Å². The summed E-state index contributed by atoms with van der Waals surface area (Å²) in [5.74, 6) is 1.10. The monoisotopic (exact) mass is 777 g/mol. The second kappa shape index (κ2) is 20.4. The molecular weight excluding hydrogens is 725 g/mol. The zero-order chi connectivity index (χ0) is 37.8. The Labute approximate surface area is 331 Å². The number of carbonyl (C=O) groups is 2. The Bertz CT molecular complexity index is 1820. The molecule has 4 aromatic rings. The molecule has 0 aliphatic carbocycles. The van der Waals surface area contributed by atoms with Gasteiger partial charge in [-0.2, -0.15) is 0 Å². The lowest BCUT2D eigenvalue weighted by molar-refractivity contribution is -0.138. The van der Waals surface area contributed by atoms with E-state index in [1.165, 1.54) is 5.56 Å². The molecule has 1 aliphatic heterocycles. The van der Waals surface area contributed by atoms with Crippen LogP contribution in [-0.4, -0.2) is 58.4 Å². The number of para-hydroxylation sites is 2. The van der Waals surface area contributed by atoms with Crippen LogP contribution in [0, 0.1) is 5.41 Å². The summed E-state index contributed by atoms with van der Waals surface area (Å²) in [5, 5.41) is 6.96. The Kier molecular flexibility index (Phi) is 16.1. The van der Waals surface area contributed by atoms with Crippen molar-refractivity contribution in [3.8, 4) is 17.2 Å². The summed E-state index contributed by atoms with van der Waals surface area (Å²) in [6.07, 6.45) is 0.819. The predicted octanol–water partition coefficient (Wildman–Crippen LogP) is 8.34. The molecule has 0 aromatic heterocycles. The molecule has 2 amide bonds. The minimum atomic E-state index is -1.10. The largest absolute Gasteiger partial charge is 0.496 e. The molecule has 0 saturated carbocycles. The highest BCUT2D eigenvalue weighted by atomic mass is 35.5. The summed E-state index contributed by atoms with van der Waals surface area (Å²) < 4.78 is 24.4. The van der Waals surface area contributed by atoms with Crippen LogP contribution in [0.2, 0.25) is 5.02 Å². The molecule has 11 heteroatoms. The zero-order valence-electron chi connectivity index (χ0n) is 31.9. The molecule has 0 bridgehead atoms. The first kappa shape index (κ1) is 42.5. The van der Waals surface area contributed by atoms with E-state index in [2.05, 4.69) is 55.7 Å². The summed E-state index contributed by atoms with van der Waals surface area (Å²) in [5.41, 5.74) is 3.94. The number of aryl methyl sites for hydroxylation is 1. The maximum atomic E-state index is 14.4. The van der Waals surface area contributed by atoms with Crippen molar-refractivity contribution in [2.24, 2.45) is 5.41 Å². The summed E-state index contributed by atoms with van der Waals surface area (Å²) in [7, 11) is 3.18. The van der Waals surface area contributed by atoms with E-state index in [1.807, 2.05) is 60.7 Å². The molecule has 0 radical (unpaired) electrons. The van der Waals surface area contributed by atoms with Crippen molar-refractivity contribution in [3.63, 3.8) is 0 Å². The second-order valence-electron chi connectivity index (χ2n) is 14.4. The number of nitrogens with one attached hydrogen (secondary N) is 2. The third kappa shape index (κ3) is 11.6. The van der Waals surface area contributed by atoms with E-state index in [-0.39, 0.29) is 42.6 Å². The van der Waals surface area contributed by atoms with Gasteiger partial charge in [-0.1, -0.05) is 93.0 Å². The fourth-order valence-corrected chi connectivity index (χ4v) is 6.68. The second-order valence-corrected chi connectivity index (χ2v) is 14.8. The van der Waals surface area contributed by atoms with Gasteiger partial charge in [0.2, 0.25) is 5.91 Å². The number of halogens is 2. The number of hydrogen-bond donors (Lipinski definition) is 2. The van der Waals surface area contributed by atoms with E-state index in [0.29, 0.717) is 52.2 Å². The van der Waals surface area contributed by atoms with Crippen LogP contribution in [0.25, 0.3) is 0 Å². The third-order valence-electron chi connectivity index (χ3n) is 8.99. The van der Waals surface area contributed by atoms with E-state index in [4.69, 9.17) is 30.5 Å². The first-order valence-electron chi connectivity index (χ1n) is 18.3. The molecular formula is C43H53Cl2N3O6. The number of ether oxygens (including phenoxy) is 4. The van der Waals surface area contributed by atoms with Crippen molar-refractivity contribution >= 4 is 41.5 Å². The van der Waals surface area contributed by atoms with Gasteiger partial charge in [0.05, 0.1) is 27.2 Å².